The zero-order valence-electron chi connectivity index (χ0n) is 27.6. The zero-order valence-corrected chi connectivity index (χ0v) is 28.4. The van der Waals surface area contributed by atoms with Crippen molar-refractivity contribution in [3.63, 3.8) is 0 Å². The fourth-order valence-electron chi connectivity index (χ4n) is 7.20. The highest BCUT2D eigenvalue weighted by molar-refractivity contribution is 7.91. The van der Waals surface area contributed by atoms with Crippen LogP contribution in [0.15, 0.2) is 12.7 Å². The first kappa shape index (κ1) is 34.8. The summed E-state index contributed by atoms with van der Waals surface area (Å²) in [5.74, 6) is -3.34. The van der Waals surface area contributed by atoms with E-state index in [1.807, 2.05) is 20.8 Å². The summed E-state index contributed by atoms with van der Waals surface area (Å²) in [5, 5.41) is 5.95. The largest absolute Gasteiger partial charge is 0.466 e. The Balaban J connectivity index is 1.37. The first-order valence-electron chi connectivity index (χ1n) is 17.1. The molecule has 0 aromatic carbocycles. The van der Waals surface area contributed by atoms with Crippen LogP contribution >= 0.6 is 0 Å². The molecular weight excluding hydrogens is 612 g/mol. The van der Waals surface area contributed by atoms with E-state index in [0.29, 0.717) is 32.1 Å². The molecule has 46 heavy (non-hydrogen) atoms. The van der Waals surface area contributed by atoms with E-state index in [0.717, 1.165) is 44.9 Å². The number of carbonyl (C=O) groups is 4. The van der Waals surface area contributed by atoms with Gasteiger partial charge in [-0.15, -0.1) is 6.58 Å². The number of fused-ring (bicyclic) bond motifs is 4. The van der Waals surface area contributed by atoms with Crippen molar-refractivity contribution >= 4 is 33.7 Å². The van der Waals surface area contributed by atoms with Crippen LogP contribution in [0.5, 0.6) is 0 Å². The zero-order chi connectivity index (χ0) is 33.3. The first-order chi connectivity index (χ1) is 21.7. The quantitative estimate of drug-likeness (QED) is 0.286. The maximum atomic E-state index is 14.3. The van der Waals surface area contributed by atoms with Gasteiger partial charge in [0.05, 0.1) is 36.9 Å². The number of rotatable bonds is 6. The highest BCUT2D eigenvalue weighted by Crippen LogP contribution is 2.45. The van der Waals surface area contributed by atoms with Gasteiger partial charge in [-0.05, 0) is 50.4 Å². The van der Waals surface area contributed by atoms with Crippen molar-refractivity contribution in [1.29, 1.82) is 0 Å². The molecule has 12 nitrogen and oxygen atoms in total. The van der Waals surface area contributed by atoms with Crippen molar-refractivity contribution in [3.8, 4) is 0 Å². The highest BCUT2D eigenvalue weighted by Gasteiger charge is 2.62. The molecule has 7 atom stereocenters. The number of amides is 3. The minimum atomic E-state index is -3.83. The Hall–Kier alpha value is -2.51. The van der Waals surface area contributed by atoms with Gasteiger partial charge in [-0.25, -0.2) is 8.42 Å². The molecule has 5 fully saturated rings. The maximum absolute atomic E-state index is 14.3. The van der Waals surface area contributed by atoms with Crippen molar-refractivity contribution in [2.45, 2.75) is 133 Å². The van der Waals surface area contributed by atoms with Gasteiger partial charge in [0.15, 0.2) is 0 Å². The molecular formula is C33H52N4O8S. The molecule has 5 aliphatic rings. The number of piperidine rings is 1. The summed E-state index contributed by atoms with van der Waals surface area (Å²) < 4.78 is 39.3. The number of sulfonamides is 1. The summed E-state index contributed by atoms with van der Waals surface area (Å²) in [5.41, 5.74) is -2.07. The normalized spacial score (nSPS) is 34.9. The minimum Gasteiger partial charge on any atom is -0.466 e. The van der Waals surface area contributed by atoms with Crippen molar-refractivity contribution < 1.29 is 37.1 Å². The third kappa shape index (κ3) is 8.13. The van der Waals surface area contributed by atoms with Gasteiger partial charge in [-0.1, -0.05) is 46.1 Å². The third-order valence-electron chi connectivity index (χ3n) is 10.4. The van der Waals surface area contributed by atoms with Crippen molar-refractivity contribution in [2.75, 3.05) is 19.8 Å². The monoisotopic (exact) mass is 664 g/mol. The van der Waals surface area contributed by atoms with E-state index in [1.54, 1.807) is 0 Å². The summed E-state index contributed by atoms with van der Waals surface area (Å²) in [7, 11) is -3.83. The smallest absolute Gasteiger partial charge is 0.306 e. The Labute approximate surface area is 273 Å². The summed E-state index contributed by atoms with van der Waals surface area (Å²) in [6, 6.07) is -0.389. The van der Waals surface area contributed by atoms with Crippen LogP contribution in [0.1, 0.15) is 97.8 Å². The van der Waals surface area contributed by atoms with Gasteiger partial charge in [0.25, 0.3) is 5.91 Å². The predicted octanol–water partition coefficient (Wildman–Crippen LogP) is 2.32. The molecule has 3 saturated heterocycles. The molecule has 3 aliphatic heterocycles. The lowest BCUT2D eigenvalue weighted by molar-refractivity contribution is -0.153. The van der Waals surface area contributed by atoms with Crippen LogP contribution in [0.4, 0.5) is 0 Å². The van der Waals surface area contributed by atoms with Gasteiger partial charge in [0.2, 0.25) is 21.8 Å². The van der Waals surface area contributed by atoms with Crippen LogP contribution in [0.25, 0.3) is 0 Å². The lowest BCUT2D eigenvalue weighted by atomic mass is 9.77. The number of hydrogen-bond donors (Lipinski definition) is 3. The molecule has 3 amide bonds. The minimum absolute atomic E-state index is 0.114. The van der Waals surface area contributed by atoms with E-state index in [-0.39, 0.29) is 37.8 Å². The number of ether oxygens (including phenoxy) is 2. The number of cyclic esters (lactones) is 1. The first-order valence-corrected chi connectivity index (χ1v) is 18.6. The third-order valence-corrected chi connectivity index (χ3v) is 12.2. The molecule has 2 unspecified atom stereocenters. The second-order valence-electron chi connectivity index (χ2n) is 15.1. The maximum Gasteiger partial charge on any atom is 0.306 e. The molecule has 4 bridgehead atoms. The van der Waals surface area contributed by atoms with Crippen molar-refractivity contribution in [3.05, 3.63) is 12.7 Å². The van der Waals surface area contributed by atoms with Gasteiger partial charge in [0, 0.05) is 31.0 Å². The Morgan fingerprint density at radius 1 is 1.04 bits per heavy atom. The molecule has 258 valence electrons. The average Bonchev–Trinajstić information content (AvgIpc) is 3.92. The summed E-state index contributed by atoms with van der Waals surface area (Å²) >= 11 is 0. The number of esters is 1. The summed E-state index contributed by atoms with van der Waals surface area (Å²) in [4.78, 5) is 56.1. The van der Waals surface area contributed by atoms with Gasteiger partial charge < -0.3 is 25.0 Å². The number of nitrogens with one attached hydrogen (secondary N) is 3. The van der Waals surface area contributed by atoms with E-state index in [4.69, 9.17) is 9.47 Å². The Morgan fingerprint density at radius 3 is 2.43 bits per heavy atom. The van der Waals surface area contributed by atoms with E-state index >= 15 is 0 Å². The molecule has 0 aromatic rings. The molecule has 0 spiro atoms. The fraction of sp³-hybridized carbons (Fsp3) is 0.818. The van der Waals surface area contributed by atoms with Crippen LogP contribution in [0.2, 0.25) is 0 Å². The topological polar surface area (TPSA) is 160 Å². The second-order valence-corrected chi connectivity index (χ2v) is 17.0. The van der Waals surface area contributed by atoms with E-state index in [2.05, 4.69) is 21.9 Å². The second kappa shape index (κ2) is 13.9. The molecule has 0 radical (unpaired) electrons. The van der Waals surface area contributed by atoms with E-state index in [1.165, 1.54) is 11.0 Å². The van der Waals surface area contributed by atoms with E-state index in [9.17, 15) is 27.6 Å². The number of carbonyl (C=O) groups excluding carboxylic acids is 4. The Bertz CT molecular complexity index is 1290. The molecule has 3 N–H and O–H groups in total. The average molecular weight is 665 g/mol. The van der Waals surface area contributed by atoms with Gasteiger partial charge in [-0.2, -0.15) is 0 Å². The molecule has 2 saturated carbocycles. The molecule has 3 heterocycles. The number of hydrogen-bond acceptors (Lipinski definition) is 9. The summed E-state index contributed by atoms with van der Waals surface area (Å²) in [6.07, 6.45) is 9.41. The van der Waals surface area contributed by atoms with Crippen LogP contribution in [-0.4, -0.2) is 91.8 Å². The molecule has 5 rings (SSSR count). The highest BCUT2D eigenvalue weighted by atomic mass is 32.2. The van der Waals surface area contributed by atoms with Crippen molar-refractivity contribution in [1.82, 2.24) is 20.3 Å². The number of nitrogens with zero attached hydrogens (tertiary/aromatic N) is 1. The van der Waals surface area contributed by atoms with Crippen LogP contribution in [0, 0.1) is 17.3 Å². The SMILES string of the molecule is C=C[C@@H]1C[C@]1(NC(=O)[C@@H]1C[C@@H]2CN1C(=O)[C@H](C(C)(C)C)CC(=O)OCCCCCC1CCCC(CO2)N1)C(=O)NS(=O)(=O)C1CC1. The van der Waals surface area contributed by atoms with Crippen LogP contribution in [-0.2, 0) is 38.7 Å². The van der Waals surface area contributed by atoms with Crippen molar-refractivity contribution in [2.24, 2.45) is 17.3 Å². The lowest BCUT2D eigenvalue weighted by Gasteiger charge is -2.35. The van der Waals surface area contributed by atoms with Gasteiger partial charge in [0.1, 0.15) is 11.6 Å². The molecule has 2 aliphatic carbocycles. The van der Waals surface area contributed by atoms with Crippen LogP contribution in [0.3, 0.4) is 0 Å². The molecule has 13 heteroatoms. The van der Waals surface area contributed by atoms with Gasteiger partial charge in [-0.3, -0.25) is 23.9 Å². The van der Waals surface area contributed by atoms with Crippen LogP contribution < -0.4 is 15.4 Å². The standard InChI is InChI=1S/C33H52N4O8S/c1-5-21-18-33(21,31(41)36-46(42,43)25-13-14-25)35-29(39)27-16-24-19-37(27)30(40)26(32(2,3)4)17-28(38)44-15-8-6-7-10-22-11-9-12-23(34-22)20-45-24/h5,21-27,34H,1,6-20H2,2-4H3,(H,35,39)(H,36,41)/t21-,22?,23?,24-,26-,27+,33-/m1/s1. The summed E-state index contributed by atoms with van der Waals surface area (Å²) in [6.45, 7) is 10.4. The molecule has 0 aromatic heterocycles. The fourth-order valence-corrected chi connectivity index (χ4v) is 8.56. The lowest BCUT2D eigenvalue weighted by Crippen LogP contribution is -2.57. The van der Waals surface area contributed by atoms with E-state index < -0.39 is 68.0 Å². The predicted molar refractivity (Wildman–Crippen MR) is 171 cm³/mol. The Morgan fingerprint density at radius 2 is 1.76 bits per heavy atom. The Kier molecular flexibility index (Phi) is 10.5. The van der Waals surface area contributed by atoms with Gasteiger partial charge >= 0.3 is 5.97 Å².